The number of hydrogen-bond acceptors (Lipinski definition) is 6. The van der Waals surface area contributed by atoms with E-state index in [0.29, 0.717) is 28.4 Å². The van der Waals surface area contributed by atoms with Gasteiger partial charge >= 0.3 is 0 Å². The Morgan fingerprint density at radius 2 is 1.69 bits per heavy atom. The Morgan fingerprint density at radius 3 is 2.28 bits per heavy atom. The molecule has 2 amide bonds. The van der Waals surface area contributed by atoms with Gasteiger partial charge in [-0.15, -0.1) is 0 Å². The highest BCUT2D eigenvalue weighted by Crippen LogP contribution is 2.39. The normalized spacial score (nSPS) is 14.7. The molecule has 10 heteroatoms. The average molecular weight is 497 g/mol. The van der Waals surface area contributed by atoms with Crippen LogP contribution in [0.1, 0.15) is 42.6 Å². The van der Waals surface area contributed by atoms with Gasteiger partial charge < -0.3 is 14.8 Å². The molecule has 0 radical (unpaired) electrons. The molecule has 3 aromatic rings. The summed E-state index contributed by atoms with van der Waals surface area (Å²) in [6.07, 6.45) is 4.52. The fraction of sp³-hybridized carbons (Fsp3) is 0.346. The molecule has 3 N–H and O–H groups in total. The first-order valence-corrected chi connectivity index (χ1v) is 11.8. The summed E-state index contributed by atoms with van der Waals surface area (Å²) in [5.41, 5.74) is 3.25. The zero-order chi connectivity index (χ0) is 25.7. The molecule has 2 aromatic carbocycles. The van der Waals surface area contributed by atoms with Gasteiger partial charge in [-0.2, -0.15) is 5.10 Å². The highest BCUT2D eigenvalue weighted by Gasteiger charge is 2.32. The summed E-state index contributed by atoms with van der Waals surface area (Å²) in [4.78, 5) is 25.8. The lowest BCUT2D eigenvalue weighted by Gasteiger charge is -2.29. The number of carbonyl (C=O) groups excluding carboxylic acids is 2. The van der Waals surface area contributed by atoms with Crippen molar-refractivity contribution in [3.8, 4) is 28.4 Å². The first-order chi connectivity index (χ1) is 17.5. The Morgan fingerprint density at radius 1 is 1.06 bits per heavy atom. The van der Waals surface area contributed by atoms with E-state index < -0.39 is 23.7 Å². The number of nitrogens with one attached hydrogen (secondary N) is 2. The first-order valence-electron chi connectivity index (χ1n) is 11.8. The van der Waals surface area contributed by atoms with E-state index >= 15 is 0 Å². The number of hydroxylamine groups is 1. The lowest BCUT2D eigenvalue weighted by atomic mass is 9.83. The summed E-state index contributed by atoms with van der Waals surface area (Å²) < 4.78 is 26.2. The Balaban J connectivity index is 1.78. The van der Waals surface area contributed by atoms with Crippen LogP contribution in [-0.2, 0) is 4.79 Å². The number of amides is 2. The van der Waals surface area contributed by atoms with Crippen LogP contribution in [0.5, 0.6) is 11.5 Å². The van der Waals surface area contributed by atoms with Crippen molar-refractivity contribution in [3.05, 3.63) is 60.0 Å². The number of ether oxygens (including phenoxy) is 2. The summed E-state index contributed by atoms with van der Waals surface area (Å²) in [7, 11) is 3.04. The molecule has 190 valence electrons. The van der Waals surface area contributed by atoms with Gasteiger partial charge in [0.1, 0.15) is 23.4 Å². The topological polar surface area (TPSA) is 115 Å². The van der Waals surface area contributed by atoms with Crippen molar-refractivity contribution in [1.29, 1.82) is 0 Å². The van der Waals surface area contributed by atoms with Gasteiger partial charge in [-0.25, -0.2) is 14.6 Å². The van der Waals surface area contributed by atoms with Crippen LogP contribution in [0.2, 0.25) is 0 Å². The van der Waals surface area contributed by atoms with Crippen molar-refractivity contribution in [2.24, 2.45) is 5.92 Å². The van der Waals surface area contributed by atoms with E-state index in [9.17, 15) is 19.2 Å². The second-order valence-electron chi connectivity index (χ2n) is 8.67. The second-order valence-corrected chi connectivity index (χ2v) is 8.67. The van der Waals surface area contributed by atoms with Crippen molar-refractivity contribution in [2.75, 3.05) is 14.2 Å². The standard InChI is InChI=1S/C26H29FN4O5/c1-35-21-9-6-10-22(36-2)23(21)20-15-19(29-31(20)18-13-11-17(27)12-14-18)25(32)28-24(26(33)30-34)16-7-4-3-5-8-16/h6,9-16,24,34H,3-5,7-8H2,1-2H3,(H,28,32)(H,30,33)/t24-/m0/s1. The van der Waals surface area contributed by atoms with Crippen LogP contribution >= 0.6 is 0 Å². The van der Waals surface area contributed by atoms with Crippen LogP contribution in [0.3, 0.4) is 0 Å². The van der Waals surface area contributed by atoms with Crippen LogP contribution < -0.4 is 20.3 Å². The largest absolute Gasteiger partial charge is 0.496 e. The molecule has 9 nitrogen and oxygen atoms in total. The molecule has 0 spiro atoms. The summed E-state index contributed by atoms with van der Waals surface area (Å²) in [6.45, 7) is 0. The number of carbonyl (C=O) groups is 2. The van der Waals surface area contributed by atoms with Gasteiger partial charge in [0.05, 0.1) is 31.2 Å². The van der Waals surface area contributed by atoms with Crippen LogP contribution in [0.25, 0.3) is 16.9 Å². The van der Waals surface area contributed by atoms with E-state index in [1.54, 1.807) is 41.9 Å². The van der Waals surface area contributed by atoms with Crippen molar-refractivity contribution in [1.82, 2.24) is 20.6 Å². The molecule has 1 fully saturated rings. The fourth-order valence-electron chi connectivity index (χ4n) is 4.70. The van der Waals surface area contributed by atoms with Crippen LogP contribution in [0, 0.1) is 11.7 Å². The molecular weight excluding hydrogens is 467 g/mol. The Hall–Kier alpha value is -3.92. The lowest BCUT2D eigenvalue weighted by Crippen LogP contribution is -2.50. The van der Waals surface area contributed by atoms with Gasteiger partial charge in [0.15, 0.2) is 5.69 Å². The number of benzene rings is 2. The summed E-state index contributed by atoms with van der Waals surface area (Å²) >= 11 is 0. The van der Waals surface area contributed by atoms with Crippen LogP contribution in [0.4, 0.5) is 4.39 Å². The zero-order valence-electron chi connectivity index (χ0n) is 20.2. The van der Waals surface area contributed by atoms with E-state index in [1.807, 2.05) is 0 Å². The van der Waals surface area contributed by atoms with Crippen molar-refractivity contribution < 1.29 is 28.7 Å². The van der Waals surface area contributed by atoms with Gasteiger partial charge in [-0.3, -0.25) is 14.8 Å². The Bertz CT molecular complexity index is 1200. The molecule has 0 saturated heterocycles. The number of rotatable bonds is 8. The van der Waals surface area contributed by atoms with Gasteiger partial charge in [-0.05, 0) is 61.2 Å². The maximum atomic E-state index is 13.6. The maximum Gasteiger partial charge on any atom is 0.272 e. The third kappa shape index (κ3) is 5.18. The third-order valence-electron chi connectivity index (χ3n) is 6.50. The van der Waals surface area contributed by atoms with Crippen molar-refractivity contribution in [3.63, 3.8) is 0 Å². The van der Waals surface area contributed by atoms with E-state index in [0.717, 1.165) is 32.1 Å². The first kappa shape index (κ1) is 25.2. The maximum absolute atomic E-state index is 13.6. The molecule has 1 aliphatic rings. The number of hydrogen-bond donors (Lipinski definition) is 3. The summed E-state index contributed by atoms with van der Waals surface area (Å²) in [5.74, 6) is -0.771. The molecule has 1 aliphatic carbocycles. The van der Waals surface area contributed by atoms with E-state index in [-0.39, 0.29) is 11.6 Å². The van der Waals surface area contributed by atoms with E-state index in [2.05, 4.69) is 10.4 Å². The van der Waals surface area contributed by atoms with Gasteiger partial charge in [0, 0.05) is 0 Å². The molecule has 1 aromatic heterocycles. The number of nitrogens with zero attached hydrogens (tertiary/aromatic N) is 2. The molecule has 4 rings (SSSR count). The van der Waals surface area contributed by atoms with E-state index in [4.69, 9.17) is 9.47 Å². The minimum Gasteiger partial charge on any atom is -0.496 e. The van der Waals surface area contributed by atoms with Crippen LogP contribution in [0.15, 0.2) is 48.5 Å². The molecule has 0 bridgehead atoms. The average Bonchev–Trinajstić information content (AvgIpc) is 3.36. The van der Waals surface area contributed by atoms with Crippen molar-refractivity contribution >= 4 is 11.8 Å². The summed E-state index contributed by atoms with van der Waals surface area (Å²) in [5, 5.41) is 16.5. The molecule has 1 atom stereocenters. The highest BCUT2D eigenvalue weighted by molar-refractivity contribution is 5.97. The van der Waals surface area contributed by atoms with Gasteiger partial charge in [-0.1, -0.05) is 25.3 Å². The Labute approximate surface area is 208 Å². The third-order valence-corrected chi connectivity index (χ3v) is 6.50. The smallest absolute Gasteiger partial charge is 0.272 e. The second kappa shape index (κ2) is 11.2. The Kier molecular flexibility index (Phi) is 7.84. The fourth-order valence-corrected chi connectivity index (χ4v) is 4.70. The molecule has 1 heterocycles. The summed E-state index contributed by atoms with van der Waals surface area (Å²) in [6, 6.07) is 11.6. The monoisotopic (exact) mass is 496 g/mol. The highest BCUT2D eigenvalue weighted by atomic mass is 19.1. The van der Waals surface area contributed by atoms with Crippen LogP contribution in [-0.4, -0.2) is 47.1 Å². The molecular formula is C26H29FN4O5. The molecule has 0 aliphatic heterocycles. The lowest BCUT2D eigenvalue weighted by molar-refractivity contribution is -0.132. The quantitative estimate of drug-likeness (QED) is 0.322. The predicted molar refractivity (Wildman–Crippen MR) is 130 cm³/mol. The van der Waals surface area contributed by atoms with Gasteiger partial charge in [0.2, 0.25) is 0 Å². The molecule has 0 unspecified atom stereocenters. The minimum absolute atomic E-state index is 0.0360. The molecule has 1 saturated carbocycles. The van der Waals surface area contributed by atoms with Gasteiger partial charge in [0.25, 0.3) is 11.8 Å². The predicted octanol–water partition coefficient (Wildman–Crippen LogP) is 3.88. The molecule has 36 heavy (non-hydrogen) atoms. The zero-order valence-corrected chi connectivity index (χ0v) is 20.2. The van der Waals surface area contributed by atoms with Crippen molar-refractivity contribution in [2.45, 2.75) is 38.1 Å². The minimum atomic E-state index is -0.900. The number of aromatic nitrogens is 2. The number of methoxy groups -OCH3 is 2. The van der Waals surface area contributed by atoms with E-state index in [1.165, 1.54) is 31.0 Å². The number of halogens is 1. The SMILES string of the molecule is COc1cccc(OC)c1-c1cc(C(=O)N[C@H](C(=O)NO)C2CCCCC2)nn1-c1ccc(F)cc1.